The van der Waals surface area contributed by atoms with Crippen LogP contribution in [0.2, 0.25) is 0 Å². The number of nitrogens with zero attached hydrogens (tertiary/aromatic N) is 1. The fourth-order valence-electron chi connectivity index (χ4n) is 2.73. The number of rotatable bonds is 6. The zero-order valence-corrected chi connectivity index (χ0v) is 18.7. The summed E-state index contributed by atoms with van der Waals surface area (Å²) in [6, 6.07) is 10.6. The van der Waals surface area contributed by atoms with E-state index in [0.717, 1.165) is 16.8 Å². The summed E-state index contributed by atoms with van der Waals surface area (Å²) in [4.78, 5) is 12.3. The molecule has 0 aliphatic heterocycles. The standard InChI is InChI=1S/C21H27NO4S2/c1-7-22(27-17-10-8-16(9-11-17)21(4,5)6)28(25,26)18-12-14(2)15(3)19(13-18)20(23)24/h8-13H,7H2,1-6H3,(H,23,24). The smallest absolute Gasteiger partial charge is 0.336 e. The highest BCUT2D eigenvalue weighted by Crippen LogP contribution is 2.32. The van der Waals surface area contributed by atoms with Crippen LogP contribution in [0, 0.1) is 13.8 Å². The summed E-state index contributed by atoms with van der Waals surface area (Å²) in [6.45, 7) is 11.8. The Bertz CT molecular complexity index is 975. The van der Waals surface area contributed by atoms with Crippen molar-refractivity contribution >= 4 is 27.9 Å². The number of benzene rings is 2. The molecule has 0 aliphatic carbocycles. The number of sulfonamides is 1. The Morgan fingerprint density at radius 2 is 1.68 bits per heavy atom. The van der Waals surface area contributed by atoms with Gasteiger partial charge in [0.1, 0.15) is 0 Å². The molecule has 0 bridgehead atoms. The molecule has 7 heteroatoms. The van der Waals surface area contributed by atoms with Crippen LogP contribution in [-0.2, 0) is 15.4 Å². The fourth-order valence-corrected chi connectivity index (χ4v) is 5.43. The lowest BCUT2D eigenvalue weighted by Crippen LogP contribution is -2.25. The minimum atomic E-state index is -3.85. The summed E-state index contributed by atoms with van der Waals surface area (Å²) >= 11 is 1.13. The van der Waals surface area contributed by atoms with Crippen LogP contribution in [0.5, 0.6) is 0 Å². The van der Waals surface area contributed by atoms with Crippen molar-refractivity contribution < 1.29 is 18.3 Å². The summed E-state index contributed by atoms with van der Waals surface area (Å²) in [5, 5.41) is 9.39. The van der Waals surface area contributed by atoms with Crippen molar-refractivity contribution in [3.63, 3.8) is 0 Å². The van der Waals surface area contributed by atoms with E-state index in [2.05, 4.69) is 20.8 Å². The van der Waals surface area contributed by atoms with Crippen LogP contribution < -0.4 is 0 Å². The van der Waals surface area contributed by atoms with Gasteiger partial charge in [-0.2, -0.15) is 0 Å². The van der Waals surface area contributed by atoms with E-state index in [-0.39, 0.29) is 22.4 Å². The van der Waals surface area contributed by atoms with Crippen molar-refractivity contribution in [3.05, 3.63) is 58.7 Å². The third-order valence-corrected chi connectivity index (χ3v) is 8.01. The van der Waals surface area contributed by atoms with Gasteiger partial charge in [-0.3, -0.25) is 0 Å². The van der Waals surface area contributed by atoms with Crippen molar-refractivity contribution in [1.29, 1.82) is 0 Å². The molecule has 0 atom stereocenters. The van der Waals surface area contributed by atoms with E-state index in [0.29, 0.717) is 11.1 Å². The van der Waals surface area contributed by atoms with Gasteiger partial charge >= 0.3 is 5.97 Å². The molecular formula is C21H27NO4S2. The summed E-state index contributed by atoms with van der Waals surface area (Å²) in [7, 11) is -3.85. The molecule has 0 saturated heterocycles. The van der Waals surface area contributed by atoms with Gasteiger partial charge in [-0.15, -0.1) is 3.71 Å². The molecule has 0 heterocycles. The summed E-state index contributed by atoms with van der Waals surface area (Å²) in [6.07, 6.45) is 0. The van der Waals surface area contributed by atoms with Gasteiger partial charge < -0.3 is 5.11 Å². The number of carboxylic acids is 1. The Labute approximate surface area is 172 Å². The minimum absolute atomic E-state index is 0.00587. The predicted octanol–water partition coefficient (Wildman–Crippen LogP) is 5.02. The monoisotopic (exact) mass is 421 g/mol. The zero-order valence-electron chi connectivity index (χ0n) is 17.1. The van der Waals surface area contributed by atoms with Crippen LogP contribution in [0.15, 0.2) is 46.2 Å². The Hall–Kier alpha value is -1.83. The average molecular weight is 422 g/mol. The normalized spacial score (nSPS) is 12.4. The van der Waals surface area contributed by atoms with Gasteiger partial charge in [-0.05, 0) is 72.2 Å². The molecule has 0 aromatic heterocycles. The lowest BCUT2D eigenvalue weighted by Gasteiger charge is -2.22. The zero-order chi connectivity index (χ0) is 21.3. The molecule has 5 nitrogen and oxygen atoms in total. The minimum Gasteiger partial charge on any atom is -0.478 e. The Kier molecular flexibility index (Phi) is 6.63. The SMILES string of the molecule is CCN(Sc1ccc(C(C)(C)C)cc1)S(=O)(=O)c1cc(C)c(C)c(C(=O)O)c1. The van der Waals surface area contributed by atoms with Gasteiger partial charge in [0.2, 0.25) is 0 Å². The highest BCUT2D eigenvalue weighted by molar-refractivity contribution is 8.08. The van der Waals surface area contributed by atoms with E-state index in [1.54, 1.807) is 20.8 Å². The largest absolute Gasteiger partial charge is 0.478 e. The van der Waals surface area contributed by atoms with Crippen molar-refractivity contribution in [3.8, 4) is 0 Å². The third-order valence-electron chi connectivity index (χ3n) is 4.62. The topological polar surface area (TPSA) is 74.7 Å². The van der Waals surface area contributed by atoms with E-state index in [1.165, 1.54) is 21.4 Å². The molecule has 2 aromatic rings. The maximum atomic E-state index is 13.1. The van der Waals surface area contributed by atoms with Gasteiger partial charge in [0.05, 0.1) is 10.5 Å². The first-order valence-electron chi connectivity index (χ1n) is 9.03. The van der Waals surface area contributed by atoms with E-state index in [4.69, 9.17) is 0 Å². The van der Waals surface area contributed by atoms with Crippen molar-refractivity contribution in [2.45, 2.75) is 56.7 Å². The molecule has 28 heavy (non-hydrogen) atoms. The second-order valence-electron chi connectivity index (χ2n) is 7.71. The summed E-state index contributed by atoms with van der Waals surface area (Å²) < 4.78 is 27.6. The number of carboxylic acid groups (broad SMARTS) is 1. The third kappa shape index (κ3) is 4.77. The number of hydrogen-bond donors (Lipinski definition) is 1. The van der Waals surface area contributed by atoms with Crippen LogP contribution in [0.1, 0.15) is 54.7 Å². The van der Waals surface area contributed by atoms with E-state index < -0.39 is 16.0 Å². The molecule has 0 spiro atoms. The van der Waals surface area contributed by atoms with Crippen LogP contribution in [0.4, 0.5) is 0 Å². The molecular weight excluding hydrogens is 394 g/mol. The van der Waals surface area contributed by atoms with Gasteiger partial charge in [-0.25, -0.2) is 13.2 Å². The average Bonchev–Trinajstić information content (AvgIpc) is 2.60. The highest BCUT2D eigenvalue weighted by atomic mass is 32.3. The molecule has 0 amide bonds. The first-order chi connectivity index (χ1) is 12.9. The van der Waals surface area contributed by atoms with E-state index >= 15 is 0 Å². The Balaban J connectivity index is 2.39. The predicted molar refractivity (Wildman–Crippen MR) is 113 cm³/mol. The maximum Gasteiger partial charge on any atom is 0.336 e. The fraction of sp³-hybridized carbons (Fsp3) is 0.381. The lowest BCUT2D eigenvalue weighted by molar-refractivity contribution is 0.0695. The highest BCUT2D eigenvalue weighted by Gasteiger charge is 2.27. The number of carbonyl (C=O) groups is 1. The second-order valence-corrected chi connectivity index (χ2v) is 10.9. The molecule has 0 saturated carbocycles. The lowest BCUT2D eigenvalue weighted by atomic mass is 9.87. The quantitative estimate of drug-likeness (QED) is 0.663. The van der Waals surface area contributed by atoms with Crippen LogP contribution in [0.3, 0.4) is 0 Å². The van der Waals surface area contributed by atoms with Gasteiger partial charge in [0.15, 0.2) is 0 Å². The maximum absolute atomic E-state index is 13.1. The summed E-state index contributed by atoms with van der Waals surface area (Å²) in [5.41, 5.74) is 2.40. The van der Waals surface area contributed by atoms with Gasteiger partial charge in [0.25, 0.3) is 10.0 Å². The molecule has 152 valence electrons. The summed E-state index contributed by atoms with van der Waals surface area (Å²) in [5.74, 6) is -1.13. The Morgan fingerprint density at radius 3 is 2.14 bits per heavy atom. The molecule has 2 aromatic carbocycles. The van der Waals surface area contributed by atoms with Crippen molar-refractivity contribution in [1.82, 2.24) is 3.71 Å². The molecule has 0 aliphatic rings. The number of aromatic carboxylic acids is 1. The molecule has 0 radical (unpaired) electrons. The van der Waals surface area contributed by atoms with Crippen LogP contribution in [0.25, 0.3) is 0 Å². The van der Waals surface area contributed by atoms with Gasteiger partial charge in [-0.1, -0.05) is 39.8 Å². The first kappa shape index (κ1) is 22.5. The van der Waals surface area contributed by atoms with Crippen LogP contribution in [-0.4, -0.2) is 29.7 Å². The molecule has 2 rings (SSSR count). The van der Waals surface area contributed by atoms with Crippen molar-refractivity contribution in [2.75, 3.05) is 6.54 Å². The Morgan fingerprint density at radius 1 is 1.11 bits per heavy atom. The van der Waals surface area contributed by atoms with Crippen LogP contribution >= 0.6 is 11.9 Å². The first-order valence-corrected chi connectivity index (χ1v) is 11.2. The molecule has 1 N–H and O–H groups in total. The van der Waals surface area contributed by atoms with Crippen molar-refractivity contribution in [2.24, 2.45) is 0 Å². The molecule has 0 fully saturated rings. The van der Waals surface area contributed by atoms with Gasteiger partial charge in [0, 0.05) is 11.4 Å². The number of hydrogen-bond acceptors (Lipinski definition) is 4. The second kappa shape index (κ2) is 8.27. The van der Waals surface area contributed by atoms with E-state index in [9.17, 15) is 18.3 Å². The number of aryl methyl sites for hydroxylation is 1. The molecule has 0 unspecified atom stereocenters. The van der Waals surface area contributed by atoms with E-state index in [1.807, 2.05) is 24.3 Å².